The van der Waals surface area contributed by atoms with Crippen molar-refractivity contribution in [2.75, 3.05) is 5.75 Å². The topological polar surface area (TPSA) is 86.5 Å². The van der Waals surface area contributed by atoms with Gasteiger partial charge in [-0.1, -0.05) is 12.1 Å². The smallest absolute Gasteiger partial charge is 0.340 e. The third kappa shape index (κ3) is 4.75. The molecule has 6 heteroatoms. The Bertz CT molecular complexity index is 501. The van der Waals surface area contributed by atoms with E-state index in [2.05, 4.69) is 0 Å². The average molecular weight is 281 g/mol. The van der Waals surface area contributed by atoms with Crippen LogP contribution in [-0.4, -0.2) is 29.5 Å². The highest BCUT2D eigenvalue weighted by Gasteiger charge is 2.18. The number of nitrogens with two attached hydrogens (primary N) is 1. The molecule has 0 spiro atoms. The zero-order valence-corrected chi connectivity index (χ0v) is 11.5. The molecule has 0 aliphatic heterocycles. The highest BCUT2D eigenvalue weighted by atomic mass is 32.2. The molecule has 0 bridgehead atoms. The number of thioether (sulfide) groups is 1. The fourth-order valence-electron chi connectivity index (χ4n) is 1.22. The largest absolute Gasteiger partial charge is 0.449 e. The molecule has 1 atom stereocenters. The number of benzene rings is 1. The summed E-state index contributed by atoms with van der Waals surface area (Å²) in [7, 11) is 0. The van der Waals surface area contributed by atoms with Crippen molar-refractivity contribution in [2.45, 2.75) is 24.8 Å². The maximum Gasteiger partial charge on any atom is 0.340 e. The number of hydrogen-bond acceptors (Lipinski definition) is 5. The van der Waals surface area contributed by atoms with Crippen LogP contribution in [0.1, 0.15) is 24.2 Å². The molecule has 0 aromatic heterocycles. The molecule has 0 unspecified atom stereocenters. The fraction of sp³-hybridized carbons (Fsp3) is 0.308. The van der Waals surface area contributed by atoms with Crippen molar-refractivity contribution >= 4 is 29.4 Å². The van der Waals surface area contributed by atoms with E-state index in [0.717, 1.165) is 0 Å². The minimum Gasteiger partial charge on any atom is -0.449 e. The second-order valence-corrected chi connectivity index (χ2v) is 4.95. The molecule has 1 aromatic rings. The first-order valence-electron chi connectivity index (χ1n) is 5.63. The van der Waals surface area contributed by atoms with E-state index in [0.29, 0.717) is 10.5 Å². The van der Waals surface area contributed by atoms with Gasteiger partial charge in [0.25, 0.3) is 5.91 Å². The second kappa shape index (κ2) is 6.94. The van der Waals surface area contributed by atoms with E-state index in [-0.39, 0.29) is 11.5 Å². The Balaban J connectivity index is 2.84. The first-order chi connectivity index (χ1) is 8.91. The molecule has 0 saturated heterocycles. The summed E-state index contributed by atoms with van der Waals surface area (Å²) in [5.41, 5.74) is 5.35. The summed E-state index contributed by atoms with van der Waals surface area (Å²) in [6.45, 7) is 2.88. The molecular formula is C13H15NO4S. The number of hydrogen-bond donors (Lipinski definition) is 1. The van der Waals surface area contributed by atoms with E-state index in [1.165, 1.54) is 25.6 Å². The van der Waals surface area contributed by atoms with Crippen LogP contribution in [0.5, 0.6) is 0 Å². The molecule has 0 saturated carbocycles. The van der Waals surface area contributed by atoms with Crippen molar-refractivity contribution in [3.63, 3.8) is 0 Å². The molecule has 1 rings (SSSR count). The molecule has 2 N–H and O–H groups in total. The number of amides is 1. The zero-order chi connectivity index (χ0) is 14.4. The maximum absolute atomic E-state index is 11.9. The number of esters is 1. The van der Waals surface area contributed by atoms with E-state index >= 15 is 0 Å². The Kier molecular flexibility index (Phi) is 5.57. The molecule has 0 heterocycles. The van der Waals surface area contributed by atoms with Crippen LogP contribution in [0.2, 0.25) is 0 Å². The number of Topliss-reactive ketones (excluding diaryl/α,β-unsaturated/α-hetero) is 1. The molecule has 1 aromatic carbocycles. The second-order valence-electron chi connectivity index (χ2n) is 3.94. The van der Waals surface area contributed by atoms with Crippen LogP contribution in [0, 0.1) is 0 Å². The Morgan fingerprint density at radius 3 is 2.53 bits per heavy atom. The molecule has 0 aliphatic rings. The van der Waals surface area contributed by atoms with Crippen molar-refractivity contribution in [3.05, 3.63) is 29.8 Å². The molecule has 19 heavy (non-hydrogen) atoms. The van der Waals surface area contributed by atoms with Gasteiger partial charge in [0, 0.05) is 4.90 Å². The van der Waals surface area contributed by atoms with Gasteiger partial charge in [-0.25, -0.2) is 4.79 Å². The molecule has 102 valence electrons. The lowest BCUT2D eigenvalue weighted by atomic mass is 10.2. The lowest BCUT2D eigenvalue weighted by Gasteiger charge is -2.11. The average Bonchev–Trinajstić information content (AvgIpc) is 2.36. The van der Waals surface area contributed by atoms with Crippen LogP contribution in [0.25, 0.3) is 0 Å². The number of carbonyl (C=O) groups is 3. The van der Waals surface area contributed by atoms with Gasteiger partial charge in [0.15, 0.2) is 6.10 Å². The zero-order valence-electron chi connectivity index (χ0n) is 10.7. The molecule has 0 aliphatic carbocycles. The van der Waals surface area contributed by atoms with Gasteiger partial charge in [-0.3, -0.25) is 9.59 Å². The fourth-order valence-corrected chi connectivity index (χ4v) is 2.06. The van der Waals surface area contributed by atoms with Crippen molar-refractivity contribution in [2.24, 2.45) is 5.73 Å². The van der Waals surface area contributed by atoms with Crippen LogP contribution in [0.3, 0.4) is 0 Å². The van der Waals surface area contributed by atoms with Gasteiger partial charge in [0.1, 0.15) is 5.78 Å². The van der Waals surface area contributed by atoms with Gasteiger partial charge in [0.2, 0.25) is 0 Å². The normalized spacial score (nSPS) is 11.7. The Labute approximate surface area is 115 Å². The molecule has 1 amide bonds. The summed E-state index contributed by atoms with van der Waals surface area (Å²) < 4.78 is 4.93. The maximum atomic E-state index is 11.9. The van der Waals surface area contributed by atoms with Crippen LogP contribution in [0.15, 0.2) is 29.2 Å². The van der Waals surface area contributed by atoms with Gasteiger partial charge < -0.3 is 10.5 Å². The predicted molar refractivity (Wildman–Crippen MR) is 71.9 cm³/mol. The summed E-state index contributed by atoms with van der Waals surface area (Å²) in [4.78, 5) is 34.4. The number of primary amides is 1. The summed E-state index contributed by atoms with van der Waals surface area (Å²) in [5, 5.41) is 0. The number of carbonyl (C=O) groups excluding carboxylic acids is 3. The molecule has 5 nitrogen and oxygen atoms in total. The highest BCUT2D eigenvalue weighted by molar-refractivity contribution is 8.00. The van der Waals surface area contributed by atoms with Crippen LogP contribution >= 0.6 is 11.8 Å². The van der Waals surface area contributed by atoms with E-state index in [1.54, 1.807) is 24.3 Å². The first-order valence-corrected chi connectivity index (χ1v) is 6.62. The van der Waals surface area contributed by atoms with E-state index in [4.69, 9.17) is 10.5 Å². The SMILES string of the molecule is CC(=O)CSc1ccccc1C(=O)O[C@H](C)C(N)=O. The minimum atomic E-state index is -0.988. The van der Waals surface area contributed by atoms with Crippen molar-refractivity contribution < 1.29 is 19.1 Å². The quantitative estimate of drug-likeness (QED) is 0.629. The number of ketones is 1. The van der Waals surface area contributed by atoms with Crippen molar-refractivity contribution in [1.82, 2.24) is 0 Å². The number of rotatable bonds is 6. The summed E-state index contributed by atoms with van der Waals surface area (Å²) in [6.07, 6.45) is -0.988. The minimum absolute atomic E-state index is 0.0127. The van der Waals surface area contributed by atoms with Gasteiger partial charge >= 0.3 is 5.97 Å². The van der Waals surface area contributed by atoms with Crippen molar-refractivity contribution in [3.8, 4) is 0 Å². The third-order valence-corrected chi connectivity index (χ3v) is 3.44. The van der Waals surface area contributed by atoms with E-state index in [1.807, 2.05) is 0 Å². The molecule has 0 radical (unpaired) electrons. The predicted octanol–water partition coefficient (Wildman–Crippen LogP) is 1.40. The number of ether oxygens (including phenoxy) is 1. The lowest BCUT2D eigenvalue weighted by Crippen LogP contribution is -2.30. The van der Waals surface area contributed by atoms with Gasteiger partial charge in [-0.2, -0.15) is 0 Å². The van der Waals surface area contributed by atoms with Crippen LogP contribution < -0.4 is 5.73 Å². The standard InChI is InChI=1S/C13H15NO4S/c1-8(15)7-19-11-6-4-3-5-10(11)13(17)18-9(2)12(14)16/h3-6,9H,7H2,1-2H3,(H2,14,16)/t9-/m1/s1. The van der Waals surface area contributed by atoms with Crippen molar-refractivity contribution in [1.29, 1.82) is 0 Å². The van der Waals surface area contributed by atoms with E-state index < -0.39 is 18.0 Å². The third-order valence-electron chi connectivity index (χ3n) is 2.22. The lowest BCUT2D eigenvalue weighted by molar-refractivity contribution is -0.125. The highest BCUT2D eigenvalue weighted by Crippen LogP contribution is 2.23. The van der Waals surface area contributed by atoms with Crippen LogP contribution in [-0.2, 0) is 14.3 Å². The summed E-state index contributed by atoms with van der Waals surface area (Å²) in [6, 6.07) is 6.75. The monoisotopic (exact) mass is 281 g/mol. The van der Waals surface area contributed by atoms with Gasteiger partial charge in [-0.15, -0.1) is 11.8 Å². The summed E-state index contributed by atoms with van der Waals surface area (Å²) >= 11 is 1.25. The van der Waals surface area contributed by atoms with Crippen LogP contribution in [0.4, 0.5) is 0 Å². The molecule has 0 fully saturated rings. The Hall–Kier alpha value is -1.82. The Morgan fingerprint density at radius 2 is 1.95 bits per heavy atom. The summed E-state index contributed by atoms with van der Waals surface area (Å²) in [5.74, 6) is -1.05. The van der Waals surface area contributed by atoms with Gasteiger partial charge in [-0.05, 0) is 26.0 Å². The molecular weight excluding hydrogens is 266 g/mol. The first kappa shape index (κ1) is 15.2. The van der Waals surface area contributed by atoms with E-state index in [9.17, 15) is 14.4 Å². The van der Waals surface area contributed by atoms with Gasteiger partial charge in [0.05, 0.1) is 11.3 Å². The Morgan fingerprint density at radius 1 is 1.32 bits per heavy atom.